The topological polar surface area (TPSA) is 48.4 Å². The normalized spacial score (nSPS) is 10.8. The molecule has 102 valence electrons. The van der Waals surface area contributed by atoms with Gasteiger partial charge in [-0.2, -0.15) is 0 Å². The number of rotatable bonds is 4. The first-order chi connectivity index (χ1) is 9.01. The second kappa shape index (κ2) is 5.68. The van der Waals surface area contributed by atoms with Gasteiger partial charge in [-0.05, 0) is 50.1 Å². The Morgan fingerprint density at radius 3 is 2.32 bits per heavy atom. The fourth-order valence-corrected chi connectivity index (χ4v) is 2.09. The molecule has 0 spiro atoms. The fourth-order valence-electron chi connectivity index (χ4n) is 1.98. The van der Waals surface area contributed by atoms with E-state index in [0.717, 1.165) is 39.0 Å². The summed E-state index contributed by atoms with van der Waals surface area (Å²) in [6, 6.07) is 5.81. The van der Waals surface area contributed by atoms with Crippen LogP contribution in [0.15, 0.2) is 22.6 Å². The van der Waals surface area contributed by atoms with Crippen LogP contribution < -0.4 is 10.5 Å². The molecule has 0 unspecified atom stereocenters. The minimum atomic E-state index is 0.403. The minimum absolute atomic E-state index is 0.403. The van der Waals surface area contributed by atoms with Crippen LogP contribution in [0.1, 0.15) is 28.2 Å². The number of ether oxygens (including phenoxy) is 1. The van der Waals surface area contributed by atoms with Gasteiger partial charge in [-0.15, -0.1) is 0 Å². The zero-order valence-corrected chi connectivity index (χ0v) is 12.2. The van der Waals surface area contributed by atoms with E-state index in [4.69, 9.17) is 26.5 Å². The zero-order chi connectivity index (χ0) is 14.0. The van der Waals surface area contributed by atoms with Crippen molar-refractivity contribution in [1.82, 2.24) is 0 Å². The van der Waals surface area contributed by atoms with Crippen molar-refractivity contribution in [2.45, 2.75) is 33.9 Å². The highest BCUT2D eigenvalue weighted by Crippen LogP contribution is 2.26. The third-order valence-electron chi connectivity index (χ3n) is 3.08. The van der Waals surface area contributed by atoms with E-state index in [1.165, 1.54) is 0 Å². The van der Waals surface area contributed by atoms with Gasteiger partial charge < -0.3 is 14.9 Å². The van der Waals surface area contributed by atoms with Crippen LogP contribution in [0.4, 0.5) is 0 Å². The molecule has 0 amide bonds. The van der Waals surface area contributed by atoms with Crippen molar-refractivity contribution < 1.29 is 9.15 Å². The molecule has 2 N–H and O–H groups in total. The molecule has 2 rings (SSSR count). The summed E-state index contributed by atoms with van der Waals surface area (Å²) in [6.07, 6.45) is 0. The summed E-state index contributed by atoms with van der Waals surface area (Å²) >= 11 is 6.13. The highest BCUT2D eigenvalue weighted by molar-refractivity contribution is 6.32. The van der Waals surface area contributed by atoms with Gasteiger partial charge in [0.15, 0.2) is 0 Å². The summed E-state index contributed by atoms with van der Waals surface area (Å²) in [5.41, 5.74) is 8.60. The Kier molecular flexibility index (Phi) is 4.17. The highest BCUT2D eigenvalue weighted by Gasteiger charge is 2.08. The van der Waals surface area contributed by atoms with Crippen LogP contribution >= 0.6 is 11.6 Å². The summed E-state index contributed by atoms with van der Waals surface area (Å²) in [4.78, 5) is 0. The monoisotopic (exact) mass is 279 g/mol. The Morgan fingerprint density at radius 1 is 1.16 bits per heavy atom. The average molecular weight is 280 g/mol. The summed E-state index contributed by atoms with van der Waals surface area (Å²) in [6.45, 7) is 6.72. The van der Waals surface area contributed by atoms with Crippen LogP contribution in [0.5, 0.6) is 5.75 Å². The van der Waals surface area contributed by atoms with E-state index in [2.05, 4.69) is 0 Å². The van der Waals surface area contributed by atoms with Crippen molar-refractivity contribution in [2.75, 3.05) is 0 Å². The number of aryl methyl sites for hydroxylation is 3. The summed E-state index contributed by atoms with van der Waals surface area (Å²) < 4.78 is 11.3. The Balaban J connectivity index is 2.12. The van der Waals surface area contributed by atoms with Crippen molar-refractivity contribution in [3.05, 3.63) is 51.4 Å². The zero-order valence-electron chi connectivity index (χ0n) is 11.4. The van der Waals surface area contributed by atoms with Gasteiger partial charge >= 0.3 is 0 Å². The number of halogens is 1. The molecule has 1 heterocycles. The van der Waals surface area contributed by atoms with E-state index in [-0.39, 0.29) is 0 Å². The van der Waals surface area contributed by atoms with Gasteiger partial charge in [0, 0.05) is 10.6 Å². The Bertz CT molecular complexity index is 567. The lowest BCUT2D eigenvalue weighted by molar-refractivity contribution is 0.302. The molecular weight excluding hydrogens is 262 g/mol. The molecule has 19 heavy (non-hydrogen) atoms. The first-order valence-corrected chi connectivity index (χ1v) is 6.57. The molecule has 0 radical (unpaired) electrons. The van der Waals surface area contributed by atoms with E-state index in [1.807, 2.05) is 39.0 Å². The average Bonchev–Trinajstić information content (AvgIpc) is 2.74. The third-order valence-corrected chi connectivity index (χ3v) is 3.67. The van der Waals surface area contributed by atoms with Gasteiger partial charge in [-0.25, -0.2) is 0 Å². The first kappa shape index (κ1) is 14.0. The van der Waals surface area contributed by atoms with Gasteiger partial charge in [-0.3, -0.25) is 0 Å². The standard InChI is InChI=1S/C15H18ClNO2/c1-9-4-13(5-10(2)15(9)16)18-8-12-6-14(7-17)19-11(12)3/h4-6H,7-8,17H2,1-3H3. The lowest BCUT2D eigenvalue weighted by atomic mass is 10.1. The third kappa shape index (κ3) is 3.11. The molecule has 1 aromatic carbocycles. The van der Waals surface area contributed by atoms with E-state index in [0.29, 0.717) is 13.2 Å². The van der Waals surface area contributed by atoms with E-state index in [9.17, 15) is 0 Å². The second-order valence-electron chi connectivity index (χ2n) is 4.66. The molecule has 0 atom stereocenters. The SMILES string of the molecule is Cc1cc(OCc2cc(CN)oc2C)cc(C)c1Cl. The smallest absolute Gasteiger partial charge is 0.120 e. The van der Waals surface area contributed by atoms with E-state index in [1.54, 1.807) is 0 Å². The number of furan rings is 1. The summed E-state index contributed by atoms with van der Waals surface area (Å²) in [5, 5.41) is 0.789. The number of hydrogen-bond acceptors (Lipinski definition) is 3. The maximum Gasteiger partial charge on any atom is 0.120 e. The maximum absolute atomic E-state index is 6.13. The molecule has 0 saturated heterocycles. The lowest BCUT2D eigenvalue weighted by Crippen LogP contribution is -1.97. The molecule has 0 aliphatic carbocycles. The molecule has 0 fully saturated rings. The predicted octanol–water partition coefficient (Wildman–Crippen LogP) is 3.90. The molecule has 4 heteroatoms. The highest BCUT2D eigenvalue weighted by atomic mass is 35.5. The number of benzene rings is 1. The Hall–Kier alpha value is -1.45. The fraction of sp³-hybridized carbons (Fsp3) is 0.333. The van der Waals surface area contributed by atoms with Gasteiger partial charge in [-0.1, -0.05) is 11.6 Å². The molecule has 0 bridgehead atoms. The minimum Gasteiger partial charge on any atom is -0.489 e. The van der Waals surface area contributed by atoms with Crippen molar-refractivity contribution in [2.24, 2.45) is 5.73 Å². The molecule has 0 aliphatic rings. The van der Waals surface area contributed by atoms with Crippen molar-refractivity contribution >= 4 is 11.6 Å². The van der Waals surface area contributed by atoms with Gasteiger partial charge in [0.05, 0.1) is 6.54 Å². The quantitative estimate of drug-likeness (QED) is 0.923. The Labute approximate surface area is 118 Å². The van der Waals surface area contributed by atoms with Crippen LogP contribution in [0.3, 0.4) is 0 Å². The molecular formula is C15H18ClNO2. The van der Waals surface area contributed by atoms with Crippen LogP contribution in [-0.4, -0.2) is 0 Å². The van der Waals surface area contributed by atoms with Crippen LogP contribution in [0.2, 0.25) is 5.02 Å². The lowest BCUT2D eigenvalue weighted by Gasteiger charge is -2.09. The van der Waals surface area contributed by atoms with Crippen LogP contribution in [-0.2, 0) is 13.2 Å². The second-order valence-corrected chi connectivity index (χ2v) is 5.04. The molecule has 3 nitrogen and oxygen atoms in total. The summed E-state index contributed by atoms with van der Waals surface area (Å²) in [7, 11) is 0. The van der Waals surface area contributed by atoms with Gasteiger partial charge in [0.1, 0.15) is 23.9 Å². The van der Waals surface area contributed by atoms with Crippen molar-refractivity contribution in [3.8, 4) is 5.75 Å². The van der Waals surface area contributed by atoms with Crippen molar-refractivity contribution in [1.29, 1.82) is 0 Å². The first-order valence-electron chi connectivity index (χ1n) is 6.19. The molecule has 0 saturated carbocycles. The maximum atomic E-state index is 6.13. The van der Waals surface area contributed by atoms with Gasteiger partial charge in [0.25, 0.3) is 0 Å². The van der Waals surface area contributed by atoms with Crippen molar-refractivity contribution in [3.63, 3.8) is 0 Å². The van der Waals surface area contributed by atoms with E-state index >= 15 is 0 Å². The number of hydrogen-bond donors (Lipinski definition) is 1. The summed E-state index contributed by atoms with van der Waals surface area (Å²) in [5.74, 6) is 2.44. The predicted molar refractivity (Wildman–Crippen MR) is 76.6 cm³/mol. The van der Waals surface area contributed by atoms with E-state index < -0.39 is 0 Å². The number of nitrogens with two attached hydrogens (primary N) is 1. The molecule has 0 aliphatic heterocycles. The molecule has 2 aromatic rings. The van der Waals surface area contributed by atoms with Crippen LogP contribution in [0.25, 0.3) is 0 Å². The Morgan fingerprint density at radius 2 is 1.79 bits per heavy atom. The van der Waals surface area contributed by atoms with Crippen LogP contribution in [0, 0.1) is 20.8 Å². The largest absolute Gasteiger partial charge is 0.489 e. The molecule has 1 aromatic heterocycles. The van der Waals surface area contributed by atoms with Gasteiger partial charge in [0.2, 0.25) is 0 Å².